The molecule has 2 N–H and O–H groups in total. The summed E-state index contributed by atoms with van der Waals surface area (Å²) in [6.07, 6.45) is 5.42. The second-order valence-corrected chi connectivity index (χ2v) is 6.19. The minimum atomic E-state index is -0.587. The van der Waals surface area contributed by atoms with Gasteiger partial charge in [-0.1, -0.05) is 0 Å². The molecule has 2 atom stereocenters. The molecule has 0 saturated carbocycles. The Morgan fingerprint density at radius 2 is 2.32 bits per heavy atom. The molecule has 0 spiro atoms. The predicted molar refractivity (Wildman–Crippen MR) is 78.6 cm³/mol. The van der Waals surface area contributed by atoms with Crippen LogP contribution in [0.3, 0.4) is 0 Å². The number of aromatic nitrogens is 2. The van der Waals surface area contributed by atoms with Crippen LogP contribution in [0.4, 0.5) is 0 Å². The fourth-order valence-corrected chi connectivity index (χ4v) is 3.53. The first-order chi connectivity index (χ1) is 10.6. The summed E-state index contributed by atoms with van der Waals surface area (Å²) < 4.78 is 7.27. The molecule has 1 aromatic rings. The van der Waals surface area contributed by atoms with Crippen LogP contribution >= 0.6 is 0 Å². The number of nitrogens with zero attached hydrogens (tertiary/aromatic N) is 3. The summed E-state index contributed by atoms with van der Waals surface area (Å²) in [7, 11) is 0. The Morgan fingerprint density at radius 1 is 1.45 bits per heavy atom. The third kappa shape index (κ3) is 2.72. The number of carbonyl (C=O) groups is 2. The molecule has 7 heteroatoms. The van der Waals surface area contributed by atoms with Crippen molar-refractivity contribution in [2.24, 2.45) is 17.1 Å². The molecule has 0 radical (unpaired) electrons. The smallest absolute Gasteiger partial charge is 0.225 e. The zero-order valence-corrected chi connectivity index (χ0v) is 12.6. The van der Waals surface area contributed by atoms with E-state index in [1.807, 2.05) is 16.9 Å². The van der Waals surface area contributed by atoms with E-state index in [-0.39, 0.29) is 17.7 Å². The van der Waals surface area contributed by atoms with Gasteiger partial charge in [-0.05, 0) is 18.9 Å². The van der Waals surface area contributed by atoms with Crippen molar-refractivity contribution in [2.45, 2.75) is 25.8 Å². The molecule has 2 saturated heterocycles. The molecule has 0 aromatic carbocycles. The number of rotatable bonds is 5. The minimum Gasteiger partial charge on any atom is -0.381 e. The van der Waals surface area contributed by atoms with E-state index in [1.54, 1.807) is 11.1 Å². The van der Waals surface area contributed by atoms with Crippen molar-refractivity contribution in [1.29, 1.82) is 0 Å². The summed E-state index contributed by atoms with van der Waals surface area (Å²) in [6, 6.07) is 1.86. The molecule has 0 aliphatic carbocycles. The number of hydrogen-bond acceptors (Lipinski definition) is 4. The zero-order valence-electron chi connectivity index (χ0n) is 12.6. The van der Waals surface area contributed by atoms with Gasteiger partial charge in [0.25, 0.3) is 0 Å². The Bertz CT molecular complexity index is 545. The maximum absolute atomic E-state index is 12.4. The van der Waals surface area contributed by atoms with Gasteiger partial charge in [0.05, 0.1) is 12.0 Å². The molecule has 2 aliphatic rings. The van der Waals surface area contributed by atoms with Gasteiger partial charge in [0, 0.05) is 51.0 Å². The van der Waals surface area contributed by atoms with Crippen LogP contribution in [-0.4, -0.2) is 52.8 Å². The van der Waals surface area contributed by atoms with Gasteiger partial charge in [0.2, 0.25) is 11.8 Å². The molecule has 3 heterocycles. The number of aryl methyl sites for hydroxylation is 1. The maximum atomic E-state index is 12.4. The summed E-state index contributed by atoms with van der Waals surface area (Å²) >= 11 is 0. The number of carbonyl (C=O) groups excluding carboxylic acids is 2. The largest absolute Gasteiger partial charge is 0.381 e. The SMILES string of the molecule is NC(=O)[C@]12CCOC[C@H]1CN(C(=O)CCCn1cccn1)C2. The van der Waals surface area contributed by atoms with Gasteiger partial charge in [-0.3, -0.25) is 14.3 Å². The Labute approximate surface area is 129 Å². The first-order valence-corrected chi connectivity index (χ1v) is 7.75. The van der Waals surface area contributed by atoms with Crippen LogP contribution in [0.5, 0.6) is 0 Å². The molecule has 7 nitrogen and oxygen atoms in total. The van der Waals surface area contributed by atoms with E-state index in [4.69, 9.17) is 10.5 Å². The number of hydrogen-bond donors (Lipinski definition) is 1. The second kappa shape index (κ2) is 6.08. The van der Waals surface area contributed by atoms with E-state index in [1.165, 1.54) is 0 Å². The summed E-state index contributed by atoms with van der Waals surface area (Å²) in [4.78, 5) is 26.1. The van der Waals surface area contributed by atoms with Crippen molar-refractivity contribution < 1.29 is 14.3 Å². The van der Waals surface area contributed by atoms with Crippen LogP contribution in [0, 0.1) is 11.3 Å². The number of ether oxygens (including phenoxy) is 1. The lowest BCUT2D eigenvalue weighted by Gasteiger charge is -2.34. The summed E-state index contributed by atoms with van der Waals surface area (Å²) in [5.74, 6) is -0.177. The van der Waals surface area contributed by atoms with Crippen LogP contribution in [0.1, 0.15) is 19.3 Å². The number of amides is 2. The van der Waals surface area contributed by atoms with Crippen molar-refractivity contribution >= 4 is 11.8 Å². The van der Waals surface area contributed by atoms with Gasteiger partial charge in [0.1, 0.15) is 0 Å². The quantitative estimate of drug-likeness (QED) is 0.830. The first kappa shape index (κ1) is 15.0. The average molecular weight is 306 g/mol. The van der Waals surface area contributed by atoms with E-state index in [0.717, 1.165) is 13.0 Å². The van der Waals surface area contributed by atoms with Gasteiger partial charge in [-0.15, -0.1) is 0 Å². The molecule has 2 amide bonds. The van der Waals surface area contributed by atoms with E-state index in [0.29, 0.717) is 39.1 Å². The molecular formula is C15H22N4O3. The Hall–Kier alpha value is -1.89. The van der Waals surface area contributed by atoms with Gasteiger partial charge in [-0.25, -0.2) is 0 Å². The van der Waals surface area contributed by atoms with Gasteiger partial charge in [-0.2, -0.15) is 5.10 Å². The van der Waals surface area contributed by atoms with Crippen molar-refractivity contribution in [3.05, 3.63) is 18.5 Å². The monoisotopic (exact) mass is 306 g/mol. The Morgan fingerprint density at radius 3 is 3.00 bits per heavy atom. The van der Waals surface area contributed by atoms with E-state index in [9.17, 15) is 9.59 Å². The molecule has 0 bridgehead atoms. The molecule has 2 fully saturated rings. The number of primary amides is 1. The summed E-state index contributed by atoms with van der Waals surface area (Å²) in [6.45, 7) is 2.79. The number of nitrogens with two attached hydrogens (primary N) is 1. The predicted octanol–water partition coefficient (Wildman–Crippen LogP) is 0.0137. The van der Waals surface area contributed by atoms with E-state index in [2.05, 4.69) is 5.10 Å². The van der Waals surface area contributed by atoms with Crippen molar-refractivity contribution in [3.8, 4) is 0 Å². The third-order valence-corrected chi connectivity index (χ3v) is 4.89. The summed E-state index contributed by atoms with van der Waals surface area (Å²) in [5.41, 5.74) is 5.04. The van der Waals surface area contributed by atoms with Gasteiger partial charge in [0.15, 0.2) is 0 Å². The van der Waals surface area contributed by atoms with E-state index < -0.39 is 5.41 Å². The molecule has 3 rings (SSSR count). The first-order valence-electron chi connectivity index (χ1n) is 7.75. The average Bonchev–Trinajstić information content (AvgIpc) is 3.14. The topological polar surface area (TPSA) is 90.5 Å². The zero-order chi connectivity index (χ0) is 15.6. The standard InChI is InChI=1S/C15H22N4O3/c16-14(21)15-4-8-22-10-12(15)9-18(11-15)13(20)3-1-6-19-7-2-5-17-19/h2,5,7,12H,1,3-4,6,8-11H2,(H2,16,21)/t12-,15+/m1/s1. The van der Waals surface area contributed by atoms with Crippen LogP contribution < -0.4 is 5.73 Å². The molecule has 0 unspecified atom stereocenters. The highest BCUT2D eigenvalue weighted by Gasteiger charge is 2.53. The van der Waals surface area contributed by atoms with Crippen LogP contribution in [0.25, 0.3) is 0 Å². The maximum Gasteiger partial charge on any atom is 0.225 e. The van der Waals surface area contributed by atoms with Crippen molar-refractivity contribution in [1.82, 2.24) is 14.7 Å². The fraction of sp³-hybridized carbons (Fsp3) is 0.667. The second-order valence-electron chi connectivity index (χ2n) is 6.19. The van der Waals surface area contributed by atoms with Gasteiger partial charge >= 0.3 is 0 Å². The Balaban J connectivity index is 1.56. The molecular weight excluding hydrogens is 284 g/mol. The van der Waals surface area contributed by atoms with Crippen LogP contribution in [-0.2, 0) is 20.9 Å². The molecule has 1 aromatic heterocycles. The number of likely N-dealkylation sites (tertiary alicyclic amines) is 1. The highest BCUT2D eigenvalue weighted by molar-refractivity contribution is 5.84. The van der Waals surface area contributed by atoms with Crippen LogP contribution in [0.15, 0.2) is 18.5 Å². The summed E-state index contributed by atoms with van der Waals surface area (Å²) in [5, 5.41) is 4.12. The van der Waals surface area contributed by atoms with Crippen LogP contribution in [0.2, 0.25) is 0 Å². The van der Waals surface area contributed by atoms with Crippen molar-refractivity contribution in [3.63, 3.8) is 0 Å². The van der Waals surface area contributed by atoms with E-state index >= 15 is 0 Å². The lowest BCUT2D eigenvalue weighted by molar-refractivity contribution is -0.136. The highest BCUT2D eigenvalue weighted by atomic mass is 16.5. The lowest BCUT2D eigenvalue weighted by atomic mass is 9.74. The fourth-order valence-electron chi connectivity index (χ4n) is 3.53. The lowest BCUT2D eigenvalue weighted by Crippen LogP contribution is -2.48. The highest BCUT2D eigenvalue weighted by Crippen LogP contribution is 2.42. The van der Waals surface area contributed by atoms with Crippen molar-refractivity contribution in [2.75, 3.05) is 26.3 Å². The minimum absolute atomic E-state index is 0.0359. The Kier molecular flexibility index (Phi) is 4.15. The van der Waals surface area contributed by atoms with Gasteiger partial charge < -0.3 is 15.4 Å². The molecule has 22 heavy (non-hydrogen) atoms. The number of fused-ring (bicyclic) bond motifs is 1. The normalized spacial score (nSPS) is 27.6. The molecule has 2 aliphatic heterocycles. The third-order valence-electron chi connectivity index (χ3n) is 4.89. The molecule has 120 valence electrons.